The highest BCUT2D eigenvalue weighted by molar-refractivity contribution is 5.83. The van der Waals surface area contributed by atoms with Crippen LogP contribution in [0.15, 0.2) is 48.5 Å². The van der Waals surface area contributed by atoms with Crippen LogP contribution in [-0.4, -0.2) is 45.6 Å². The Bertz CT molecular complexity index is 888. The molecule has 2 aromatic carbocycles. The largest absolute Gasteiger partial charge is 0.479 e. The second-order valence-corrected chi connectivity index (χ2v) is 8.77. The average Bonchev–Trinajstić information content (AvgIpc) is 2.74. The number of amides is 1. The van der Waals surface area contributed by atoms with Crippen molar-refractivity contribution in [1.82, 2.24) is 10.2 Å². The average molecular weight is 441 g/mol. The lowest BCUT2D eigenvalue weighted by Crippen LogP contribution is -2.38. The van der Waals surface area contributed by atoms with Gasteiger partial charge in [-0.15, -0.1) is 0 Å². The molecule has 0 aromatic heterocycles. The van der Waals surface area contributed by atoms with Gasteiger partial charge in [0.1, 0.15) is 0 Å². The monoisotopic (exact) mass is 440 g/mol. The van der Waals surface area contributed by atoms with Gasteiger partial charge < -0.3 is 15.5 Å². The number of carbonyl (C=O) groups is 2. The zero-order valence-electron chi connectivity index (χ0n) is 19.7. The molecule has 2 atom stereocenters. The first-order chi connectivity index (χ1) is 15.1. The summed E-state index contributed by atoms with van der Waals surface area (Å²) in [6.45, 7) is 10.7. The highest BCUT2D eigenvalue weighted by Gasteiger charge is 2.28. The molecule has 2 unspecified atom stereocenters. The van der Waals surface area contributed by atoms with Crippen molar-refractivity contribution in [1.29, 1.82) is 0 Å². The minimum atomic E-state index is -1.16. The van der Waals surface area contributed by atoms with Crippen molar-refractivity contribution in [2.45, 2.75) is 71.7 Å². The highest BCUT2D eigenvalue weighted by atomic mass is 16.4. The van der Waals surface area contributed by atoms with Crippen LogP contribution in [-0.2, 0) is 16.2 Å². The molecule has 174 valence electrons. The molecule has 2 aromatic rings. The van der Waals surface area contributed by atoms with Crippen molar-refractivity contribution in [2.75, 3.05) is 6.54 Å². The van der Waals surface area contributed by atoms with E-state index in [1.807, 2.05) is 36.4 Å². The molecule has 0 aliphatic heterocycles. The van der Waals surface area contributed by atoms with Crippen molar-refractivity contribution in [3.63, 3.8) is 0 Å². The van der Waals surface area contributed by atoms with E-state index in [1.54, 1.807) is 12.1 Å². The third-order valence-electron chi connectivity index (χ3n) is 5.82. The summed E-state index contributed by atoms with van der Waals surface area (Å²) in [6.07, 6.45) is 0.772. The Kier molecular flexibility index (Phi) is 9.42. The van der Waals surface area contributed by atoms with Gasteiger partial charge in [0, 0.05) is 24.9 Å². The van der Waals surface area contributed by atoms with Gasteiger partial charge in [0.25, 0.3) is 0 Å². The third-order valence-corrected chi connectivity index (χ3v) is 5.82. The van der Waals surface area contributed by atoms with Gasteiger partial charge >= 0.3 is 5.97 Å². The minimum absolute atomic E-state index is 0.0895. The predicted octanol–water partition coefficient (Wildman–Crippen LogP) is 4.08. The number of benzene rings is 2. The molecule has 6 nitrogen and oxygen atoms in total. The first kappa shape index (κ1) is 25.6. The number of nitrogens with zero attached hydrogens (tertiary/aromatic N) is 1. The van der Waals surface area contributed by atoms with Crippen LogP contribution in [0.4, 0.5) is 0 Å². The maximum atomic E-state index is 12.1. The van der Waals surface area contributed by atoms with E-state index < -0.39 is 17.9 Å². The van der Waals surface area contributed by atoms with Crippen molar-refractivity contribution in [3.8, 4) is 0 Å². The first-order valence-electron chi connectivity index (χ1n) is 11.2. The molecule has 0 aliphatic carbocycles. The Morgan fingerprint density at radius 3 is 2.09 bits per heavy atom. The molecule has 32 heavy (non-hydrogen) atoms. The maximum absolute atomic E-state index is 12.1. The Hall–Kier alpha value is -2.70. The van der Waals surface area contributed by atoms with Gasteiger partial charge in [-0.05, 0) is 62.9 Å². The lowest BCUT2D eigenvalue weighted by molar-refractivity contribution is -0.141. The topological polar surface area (TPSA) is 89.9 Å². The van der Waals surface area contributed by atoms with E-state index in [4.69, 9.17) is 0 Å². The summed E-state index contributed by atoms with van der Waals surface area (Å²) >= 11 is 0. The minimum Gasteiger partial charge on any atom is -0.479 e. The summed E-state index contributed by atoms with van der Waals surface area (Å²) in [4.78, 5) is 26.2. The zero-order valence-corrected chi connectivity index (χ0v) is 19.7. The number of hydrogen-bond acceptors (Lipinski definition) is 4. The first-order valence-corrected chi connectivity index (χ1v) is 11.2. The Morgan fingerprint density at radius 1 is 0.969 bits per heavy atom. The molecule has 6 heteroatoms. The van der Waals surface area contributed by atoms with Crippen molar-refractivity contribution >= 4 is 11.9 Å². The molecule has 3 N–H and O–H groups in total. The quantitative estimate of drug-likeness (QED) is 0.490. The number of carboxylic acid groups (broad SMARTS) is 1. The molecule has 0 aliphatic rings. The normalized spacial score (nSPS) is 13.4. The zero-order chi connectivity index (χ0) is 23.8. The van der Waals surface area contributed by atoms with Crippen LogP contribution in [0, 0.1) is 0 Å². The Morgan fingerprint density at radius 2 is 1.59 bits per heavy atom. The number of aliphatic carboxylic acids is 1. The molecule has 0 spiro atoms. The van der Waals surface area contributed by atoms with E-state index in [1.165, 1.54) is 6.92 Å². The number of rotatable bonds is 11. The molecular formula is C26H36N2O4. The molecule has 1 amide bonds. The van der Waals surface area contributed by atoms with Crippen LogP contribution in [0.1, 0.15) is 75.3 Å². The van der Waals surface area contributed by atoms with Gasteiger partial charge in [-0.2, -0.15) is 0 Å². The SMILES string of the molecule is CC(=O)NC(C(=O)O)c1ccc(CO)cc1C(CCN(C(C)C)C(C)C)c1ccccc1. The van der Waals surface area contributed by atoms with Crippen LogP contribution in [0.3, 0.4) is 0 Å². The fourth-order valence-electron chi connectivity index (χ4n) is 4.34. The van der Waals surface area contributed by atoms with E-state index in [0.717, 1.165) is 24.1 Å². The number of aliphatic hydroxyl groups excluding tert-OH is 1. The molecule has 0 bridgehead atoms. The number of hydrogen-bond donors (Lipinski definition) is 3. The maximum Gasteiger partial charge on any atom is 0.330 e. The second kappa shape index (κ2) is 11.8. The second-order valence-electron chi connectivity index (χ2n) is 8.77. The predicted molar refractivity (Wildman–Crippen MR) is 126 cm³/mol. The van der Waals surface area contributed by atoms with Gasteiger partial charge in [0.05, 0.1) is 6.61 Å². The van der Waals surface area contributed by atoms with Crippen LogP contribution in [0.5, 0.6) is 0 Å². The van der Waals surface area contributed by atoms with Crippen LogP contribution in [0.25, 0.3) is 0 Å². The van der Waals surface area contributed by atoms with Gasteiger partial charge in [-0.3, -0.25) is 9.69 Å². The van der Waals surface area contributed by atoms with Crippen LogP contribution in [0.2, 0.25) is 0 Å². The molecule has 2 rings (SSSR count). The molecular weight excluding hydrogens is 404 g/mol. The van der Waals surface area contributed by atoms with Crippen molar-refractivity contribution in [2.24, 2.45) is 0 Å². The lowest BCUT2D eigenvalue weighted by Gasteiger charge is -2.33. The number of carbonyl (C=O) groups excluding carboxylic acids is 1. The molecule has 0 radical (unpaired) electrons. The van der Waals surface area contributed by atoms with Crippen molar-refractivity contribution in [3.05, 3.63) is 70.8 Å². The third kappa shape index (κ3) is 6.65. The molecule has 0 fully saturated rings. The molecule has 0 heterocycles. The van der Waals surface area contributed by atoms with E-state index in [2.05, 4.69) is 37.9 Å². The van der Waals surface area contributed by atoms with E-state index >= 15 is 0 Å². The van der Waals surface area contributed by atoms with E-state index in [-0.39, 0.29) is 12.5 Å². The Balaban J connectivity index is 2.60. The lowest BCUT2D eigenvalue weighted by atomic mass is 9.82. The summed E-state index contributed by atoms with van der Waals surface area (Å²) < 4.78 is 0. The van der Waals surface area contributed by atoms with Gasteiger partial charge in [0.15, 0.2) is 6.04 Å². The van der Waals surface area contributed by atoms with E-state index in [9.17, 15) is 19.8 Å². The van der Waals surface area contributed by atoms with Gasteiger partial charge in [-0.1, -0.05) is 48.5 Å². The van der Waals surface area contributed by atoms with Crippen LogP contribution < -0.4 is 5.32 Å². The summed E-state index contributed by atoms with van der Waals surface area (Å²) in [6, 6.07) is 14.9. The Labute approximate surface area is 191 Å². The van der Waals surface area contributed by atoms with Gasteiger partial charge in [-0.25, -0.2) is 4.79 Å². The number of aliphatic hydroxyl groups is 1. The van der Waals surface area contributed by atoms with E-state index in [0.29, 0.717) is 23.2 Å². The fourth-order valence-corrected chi connectivity index (χ4v) is 4.34. The summed E-state index contributed by atoms with van der Waals surface area (Å²) in [5.41, 5.74) is 3.14. The highest BCUT2D eigenvalue weighted by Crippen LogP contribution is 2.35. The fraction of sp³-hybridized carbons (Fsp3) is 0.462. The number of carboxylic acids is 1. The van der Waals surface area contributed by atoms with Crippen LogP contribution >= 0.6 is 0 Å². The summed E-state index contributed by atoms with van der Waals surface area (Å²) in [7, 11) is 0. The summed E-state index contributed by atoms with van der Waals surface area (Å²) in [5, 5.41) is 22.2. The summed E-state index contributed by atoms with van der Waals surface area (Å²) in [5.74, 6) is -1.61. The standard InChI is InChI=1S/C26H36N2O4/c1-17(2)28(18(3)4)14-13-22(21-9-7-6-8-10-21)24-15-20(16-29)11-12-23(24)25(26(31)32)27-19(5)30/h6-12,15,17-18,22,25,29H,13-14,16H2,1-5H3,(H,27,30)(H,31,32). The van der Waals surface area contributed by atoms with Gasteiger partial charge in [0.2, 0.25) is 5.91 Å². The van der Waals surface area contributed by atoms with Crippen molar-refractivity contribution < 1.29 is 19.8 Å². The molecule has 0 saturated heterocycles. The molecule has 0 saturated carbocycles. The number of nitrogens with one attached hydrogen (secondary N) is 1. The smallest absolute Gasteiger partial charge is 0.330 e.